The van der Waals surface area contributed by atoms with Crippen LogP contribution >= 0.6 is 0 Å². The maximum atomic E-state index is 5.92. The summed E-state index contributed by atoms with van der Waals surface area (Å²) in [6, 6.07) is 6.77. The molecule has 2 aromatic heterocycles. The van der Waals surface area contributed by atoms with Gasteiger partial charge in [-0.15, -0.1) is 0 Å². The lowest BCUT2D eigenvalue weighted by Crippen LogP contribution is -2.23. The van der Waals surface area contributed by atoms with Gasteiger partial charge in [-0.3, -0.25) is 0 Å². The molecule has 3 aromatic rings. The van der Waals surface area contributed by atoms with Gasteiger partial charge in [0.15, 0.2) is 11.4 Å². The molecule has 0 bridgehead atoms. The molecule has 1 aliphatic rings. The van der Waals surface area contributed by atoms with Crippen LogP contribution in [0.25, 0.3) is 11.1 Å². The summed E-state index contributed by atoms with van der Waals surface area (Å²) < 4.78 is 11.2. The van der Waals surface area contributed by atoms with Crippen LogP contribution in [0.3, 0.4) is 0 Å². The van der Waals surface area contributed by atoms with E-state index in [1.54, 1.807) is 0 Å². The minimum atomic E-state index is 0.0817. The normalized spacial score (nSPS) is 18.5. The lowest BCUT2D eigenvalue weighted by Gasteiger charge is -2.19. The summed E-state index contributed by atoms with van der Waals surface area (Å²) in [5, 5.41) is 4.12. The van der Waals surface area contributed by atoms with Gasteiger partial charge in [-0.25, -0.2) is 0 Å². The minimum absolute atomic E-state index is 0.0817. The Bertz CT molecular complexity index is 807. The number of anilines is 1. The first-order valence-corrected chi connectivity index (χ1v) is 7.71. The molecule has 0 amide bonds. The molecule has 0 saturated carbocycles. The van der Waals surface area contributed by atoms with Gasteiger partial charge in [-0.05, 0) is 37.5 Å². The van der Waals surface area contributed by atoms with E-state index < -0.39 is 0 Å². The van der Waals surface area contributed by atoms with E-state index in [0.717, 1.165) is 42.7 Å². The number of hydrogen-bond donors (Lipinski definition) is 0. The third-order valence-corrected chi connectivity index (χ3v) is 4.11. The van der Waals surface area contributed by atoms with Crippen LogP contribution < -0.4 is 4.90 Å². The lowest BCUT2D eigenvalue weighted by molar-refractivity contribution is 0.372. The fraction of sp³-hybridized carbons (Fsp3) is 0.438. The monoisotopic (exact) mass is 298 g/mol. The third kappa shape index (κ3) is 2.15. The molecule has 4 rings (SSSR count). The van der Waals surface area contributed by atoms with Gasteiger partial charge in [0, 0.05) is 13.0 Å². The van der Waals surface area contributed by atoms with Crippen LogP contribution in [0.1, 0.15) is 43.1 Å². The maximum absolute atomic E-state index is 5.92. The van der Waals surface area contributed by atoms with E-state index in [-0.39, 0.29) is 6.04 Å². The highest BCUT2D eigenvalue weighted by Crippen LogP contribution is 2.35. The van der Waals surface area contributed by atoms with Gasteiger partial charge in [-0.1, -0.05) is 18.1 Å². The average molecular weight is 298 g/mol. The molecular weight excluding hydrogens is 280 g/mol. The summed E-state index contributed by atoms with van der Waals surface area (Å²) in [4.78, 5) is 11.2. The standard InChI is InChI=1S/C16H18N4O2/c1-3-14-18-15(19-22-14)12-5-4-8-20(12)16-17-11-9-10(2)6-7-13(11)21-16/h6-7,9,12H,3-5,8H2,1-2H3. The van der Waals surface area contributed by atoms with Crippen molar-refractivity contribution in [1.82, 2.24) is 15.1 Å². The van der Waals surface area contributed by atoms with Crippen molar-refractivity contribution in [2.45, 2.75) is 39.2 Å². The second-order valence-electron chi connectivity index (χ2n) is 5.72. The predicted octanol–water partition coefficient (Wildman–Crippen LogP) is 3.42. The molecule has 1 fully saturated rings. The van der Waals surface area contributed by atoms with E-state index in [2.05, 4.69) is 26.9 Å². The van der Waals surface area contributed by atoms with Crippen molar-refractivity contribution in [3.8, 4) is 0 Å². The molecule has 0 spiro atoms. The number of fused-ring (bicyclic) bond motifs is 1. The molecule has 114 valence electrons. The van der Waals surface area contributed by atoms with Crippen LogP contribution in [0.5, 0.6) is 0 Å². The van der Waals surface area contributed by atoms with Crippen molar-refractivity contribution in [3.63, 3.8) is 0 Å². The molecular formula is C16H18N4O2. The van der Waals surface area contributed by atoms with Gasteiger partial charge in [0.05, 0.1) is 6.04 Å². The highest BCUT2D eigenvalue weighted by atomic mass is 16.5. The summed E-state index contributed by atoms with van der Waals surface area (Å²) in [5.74, 6) is 1.41. The van der Waals surface area contributed by atoms with E-state index in [1.807, 2.05) is 25.1 Å². The molecule has 0 N–H and O–H groups in total. The second kappa shape index (κ2) is 5.12. The van der Waals surface area contributed by atoms with Crippen molar-refractivity contribution in [1.29, 1.82) is 0 Å². The number of rotatable bonds is 3. The molecule has 1 atom stereocenters. The quantitative estimate of drug-likeness (QED) is 0.738. The number of aromatic nitrogens is 3. The molecule has 0 radical (unpaired) electrons. The largest absolute Gasteiger partial charge is 0.423 e. The topological polar surface area (TPSA) is 68.2 Å². The van der Waals surface area contributed by atoms with Crippen molar-refractivity contribution < 1.29 is 8.94 Å². The fourth-order valence-electron chi connectivity index (χ4n) is 2.96. The van der Waals surface area contributed by atoms with Crippen LogP contribution in [0.2, 0.25) is 0 Å². The Morgan fingerprint density at radius 3 is 3.05 bits per heavy atom. The van der Waals surface area contributed by atoms with E-state index in [1.165, 1.54) is 5.56 Å². The molecule has 1 aromatic carbocycles. The third-order valence-electron chi connectivity index (χ3n) is 4.11. The first kappa shape index (κ1) is 13.3. The molecule has 1 unspecified atom stereocenters. The zero-order chi connectivity index (χ0) is 15.1. The van der Waals surface area contributed by atoms with Crippen molar-refractivity contribution in [2.24, 2.45) is 0 Å². The van der Waals surface area contributed by atoms with Crippen LogP contribution in [0.15, 0.2) is 27.1 Å². The van der Waals surface area contributed by atoms with Gasteiger partial charge in [0.1, 0.15) is 5.52 Å². The Labute approximate surface area is 128 Å². The molecule has 0 aliphatic carbocycles. The van der Waals surface area contributed by atoms with Crippen molar-refractivity contribution >= 4 is 17.1 Å². The van der Waals surface area contributed by atoms with E-state index in [0.29, 0.717) is 11.9 Å². The van der Waals surface area contributed by atoms with Gasteiger partial charge >= 0.3 is 0 Å². The SMILES string of the molecule is CCc1nc(C2CCCN2c2nc3cc(C)ccc3o2)no1. The Hall–Kier alpha value is -2.37. The lowest BCUT2D eigenvalue weighted by atomic mass is 10.2. The predicted molar refractivity (Wildman–Crippen MR) is 81.7 cm³/mol. The summed E-state index contributed by atoms with van der Waals surface area (Å²) in [6.07, 6.45) is 2.81. The van der Waals surface area contributed by atoms with Crippen LogP contribution in [0, 0.1) is 6.92 Å². The first-order chi connectivity index (χ1) is 10.7. The molecule has 3 heterocycles. The van der Waals surface area contributed by atoms with Gasteiger partial charge in [-0.2, -0.15) is 9.97 Å². The number of hydrogen-bond acceptors (Lipinski definition) is 6. The Kier molecular flexibility index (Phi) is 3.10. The number of nitrogens with zero attached hydrogens (tertiary/aromatic N) is 4. The molecule has 22 heavy (non-hydrogen) atoms. The Morgan fingerprint density at radius 2 is 2.23 bits per heavy atom. The average Bonchev–Trinajstić information content (AvgIpc) is 3.24. The van der Waals surface area contributed by atoms with Crippen molar-refractivity contribution in [2.75, 3.05) is 11.4 Å². The molecule has 1 saturated heterocycles. The van der Waals surface area contributed by atoms with Crippen LogP contribution in [0.4, 0.5) is 6.01 Å². The highest BCUT2D eigenvalue weighted by molar-refractivity contribution is 5.75. The summed E-state index contributed by atoms with van der Waals surface area (Å²) in [5.41, 5.74) is 2.88. The van der Waals surface area contributed by atoms with Crippen molar-refractivity contribution in [3.05, 3.63) is 35.5 Å². The second-order valence-corrected chi connectivity index (χ2v) is 5.72. The number of aryl methyl sites for hydroxylation is 2. The van der Waals surface area contributed by atoms with Crippen LogP contribution in [-0.4, -0.2) is 21.7 Å². The van der Waals surface area contributed by atoms with Crippen LogP contribution in [-0.2, 0) is 6.42 Å². The van der Waals surface area contributed by atoms with Gasteiger partial charge < -0.3 is 13.8 Å². The molecule has 1 aliphatic heterocycles. The summed E-state index contributed by atoms with van der Waals surface area (Å²) >= 11 is 0. The van der Waals surface area contributed by atoms with E-state index in [9.17, 15) is 0 Å². The zero-order valence-corrected chi connectivity index (χ0v) is 12.7. The fourth-order valence-corrected chi connectivity index (χ4v) is 2.96. The number of oxazole rings is 1. The number of benzene rings is 1. The van der Waals surface area contributed by atoms with Gasteiger partial charge in [0.2, 0.25) is 5.89 Å². The smallest absolute Gasteiger partial charge is 0.299 e. The summed E-state index contributed by atoms with van der Waals surface area (Å²) in [6.45, 7) is 4.96. The molecule has 6 heteroatoms. The zero-order valence-electron chi connectivity index (χ0n) is 12.7. The maximum Gasteiger partial charge on any atom is 0.299 e. The highest BCUT2D eigenvalue weighted by Gasteiger charge is 2.33. The summed E-state index contributed by atoms with van der Waals surface area (Å²) in [7, 11) is 0. The molecule has 6 nitrogen and oxygen atoms in total. The minimum Gasteiger partial charge on any atom is -0.423 e. The van der Waals surface area contributed by atoms with E-state index >= 15 is 0 Å². The Morgan fingerprint density at radius 1 is 1.32 bits per heavy atom. The first-order valence-electron chi connectivity index (χ1n) is 7.71. The Balaban J connectivity index is 1.69. The van der Waals surface area contributed by atoms with Gasteiger partial charge in [0.25, 0.3) is 6.01 Å². The van der Waals surface area contributed by atoms with E-state index in [4.69, 9.17) is 8.94 Å².